The summed E-state index contributed by atoms with van der Waals surface area (Å²) in [7, 11) is 0. The number of aromatic amines is 1. The minimum atomic E-state index is -0.425. The molecule has 0 spiro atoms. The van der Waals surface area contributed by atoms with Crippen LogP contribution in [0, 0.1) is 0 Å². The predicted molar refractivity (Wildman–Crippen MR) is 194 cm³/mol. The molecule has 4 aromatic carbocycles. The monoisotopic (exact) mass is 666 g/mol. The summed E-state index contributed by atoms with van der Waals surface area (Å²) < 4.78 is 20.1. The Morgan fingerprint density at radius 3 is 1.98 bits per heavy atom. The second-order valence-electron chi connectivity index (χ2n) is 12.7. The van der Waals surface area contributed by atoms with Crippen LogP contribution >= 0.6 is 0 Å². The maximum Gasteiger partial charge on any atom is 0.259 e. The minimum Gasteiger partial charge on any atom is -0.489 e. The van der Waals surface area contributed by atoms with Crippen molar-refractivity contribution >= 4 is 44.8 Å². The number of hydrogen-bond acceptors (Lipinski definition) is 6. The molecular weight excluding hydrogens is 628 g/mol. The van der Waals surface area contributed by atoms with Gasteiger partial charge < -0.3 is 23.8 Å². The number of rotatable bonds is 12. The van der Waals surface area contributed by atoms with Gasteiger partial charge in [0, 0.05) is 71.5 Å². The third-order valence-corrected chi connectivity index (χ3v) is 9.45. The number of aromatic nitrogens is 2. The van der Waals surface area contributed by atoms with E-state index < -0.39 is 11.8 Å². The standard InChI is InChI=1S/C41H38N4O5/c46-40-38(34-24-42-36-14-12-30(22-32(34)36)49-26-28-8-3-1-4-9-28)39(41(47)43-40)35-25-45(17-7-16-44-18-20-48-21-19-44)37-15-13-31(23-33(35)37)50-27-29-10-5-2-6-11-29/h1-6,8-15,22-25,42H,7,16-21,26-27H2,(H,43,46,47). The molecule has 2 N–H and O–H groups in total. The smallest absolute Gasteiger partial charge is 0.259 e. The number of amides is 2. The topological polar surface area (TPSA) is 97.8 Å². The van der Waals surface area contributed by atoms with E-state index in [1.54, 1.807) is 6.20 Å². The minimum absolute atomic E-state index is 0.337. The highest BCUT2D eigenvalue weighted by Gasteiger charge is 2.35. The molecule has 252 valence electrons. The second-order valence-corrected chi connectivity index (χ2v) is 12.7. The number of carbonyl (C=O) groups is 2. The van der Waals surface area contributed by atoms with Crippen LogP contribution in [-0.4, -0.2) is 59.1 Å². The number of nitrogens with zero attached hydrogens (tertiary/aromatic N) is 2. The van der Waals surface area contributed by atoms with Crippen LogP contribution in [0.4, 0.5) is 0 Å². The van der Waals surface area contributed by atoms with Gasteiger partial charge in [0.1, 0.15) is 24.7 Å². The number of carbonyl (C=O) groups excluding carboxylic acids is 2. The quantitative estimate of drug-likeness (QED) is 0.144. The van der Waals surface area contributed by atoms with Crippen molar-refractivity contribution in [2.45, 2.75) is 26.2 Å². The molecular formula is C41H38N4O5. The molecule has 2 aromatic heterocycles. The van der Waals surface area contributed by atoms with Crippen LogP contribution in [0.5, 0.6) is 11.5 Å². The van der Waals surface area contributed by atoms with E-state index in [0.717, 1.165) is 78.7 Å². The fraction of sp³-hybridized carbons (Fsp3) is 0.220. The third-order valence-electron chi connectivity index (χ3n) is 9.45. The summed E-state index contributed by atoms with van der Waals surface area (Å²) in [5.74, 6) is 0.518. The molecule has 2 aliphatic heterocycles. The highest BCUT2D eigenvalue weighted by molar-refractivity contribution is 6.50. The van der Waals surface area contributed by atoms with Crippen LogP contribution in [0.25, 0.3) is 33.0 Å². The molecule has 0 unspecified atom stereocenters. The predicted octanol–water partition coefficient (Wildman–Crippen LogP) is 6.57. The highest BCUT2D eigenvalue weighted by atomic mass is 16.5. The van der Waals surface area contributed by atoms with Crippen molar-refractivity contribution < 1.29 is 23.8 Å². The first-order chi connectivity index (χ1) is 24.6. The van der Waals surface area contributed by atoms with E-state index in [9.17, 15) is 9.59 Å². The molecule has 2 amide bonds. The molecule has 0 atom stereocenters. The van der Waals surface area contributed by atoms with Gasteiger partial charge in [-0.2, -0.15) is 0 Å². The summed E-state index contributed by atoms with van der Waals surface area (Å²) in [5, 5.41) is 4.25. The lowest BCUT2D eigenvalue weighted by Crippen LogP contribution is -2.37. The summed E-state index contributed by atoms with van der Waals surface area (Å²) in [6.45, 7) is 5.92. The summed E-state index contributed by atoms with van der Waals surface area (Å²) in [6, 6.07) is 31.8. The lowest BCUT2D eigenvalue weighted by Gasteiger charge is -2.26. The zero-order valence-electron chi connectivity index (χ0n) is 27.7. The van der Waals surface area contributed by atoms with Crippen molar-refractivity contribution in [2.75, 3.05) is 32.8 Å². The van der Waals surface area contributed by atoms with Crippen molar-refractivity contribution in [3.05, 3.63) is 132 Å². The molecule has 1 fully saturated rings. The molecule has 1 saturated heterocycles. The van der Waals surface area contributed by atoms with E-state index in [1.165, 1.54) is 0 Å². The summed E-state index contributed by atoms with van der Waals surface area (Å²) >= 11 is 0. The molecule has 6 aromatic rings. The number of hydrogen-bond donors (Lipinski definition) is 2. The molecule has 2 aliphatic rings. The van der Waals surface area contributed by atoms with Gasteiger partial charge in [0.2, 0.25) is 0 Å². The lowest BCUT2D eigenvalue weighted by atomic mass is 9.95. The van der Waals surface area contributed by atoms with E-state index >= 15 is 0 Å². The van der Waals surface area contributed by atoms with E-state index in [1.807, 2.05) is 103 Å². The molecule has 0 bridgehead atoms. The number of ether oxygens (including phenoxy) is 3. The maximum atomic E-state index is 13.7. The van der Waals surface area contributed by atoms with Crippen molar-refractivity contribution in [3.8, 4) is 11.5 Å². The SMILES string of the molecule is O=C1NC(=O)C(c2cn(CCCN3CCOCC3)c3ccc(OCc4ccccc4)cc23)=C1c1c[nH]c2ccc(OCc3ccccc3)cc12. The first kappa shape index (κ1) is 31.6. The van der Waals surface area contributed by atoms with Gasteiger partial charge in [-0.1, -0.05) is 60.7 Å². The van der Waals surface area contributed by atoms with Crippen molar-refractivity contribution in [1.82, 2.24) is 19.8 Å². The average Bonchev–Trinajstić information content (AvgIpc) is 3.82. The molecule has 4 heterocycles. The van der Waals surface area contributed by atoms with E-state index in [2.05, 4.69) is 19.8 Å². The molecule has 50 heavy (non-hydrogen) atoms. The Labute approximate surface area is 290 Å². The number of fused-ring (bicyclic) bond motifs is 2. The van der Waals surface area contributed by atoms with Gasteiger partial charge in [-0.25, -0.2) is 0 Å². The number of morpholine rings is 1. The van der Waals surface area contributed by atoms with Crippen LogP contribution in [0.1, 0.15) is 28.7 Å². The maximum absolute atomic E-state index is 13.7. The van der Waals surface area contributed by atoms with Gasteiger partial charge in [0.25, 0.3) is 11.8 Å². The van der Waals surface area contributed by atoms with Gasteiger partial charge in [0.05, 0.1) is 24.4 Å². The molecule has 8 rings (SSSR count). The van der Waals surface area contributed by atoms with Gasteiger partial charge in [-0.05, 0) is 53.9 Å². The van der Waals surface area contributed by atoms with E-state index in [4.69, 9.17) is 14.2 Å². The Morgan fingerprint density at radius 2 is 1.30 bits per heavy atom. The summed E-state index contributed by atoms with van der Waals surface area (Å²) in [4.78, 5) is 33.1. The van der Waals surface area contributed by atoms with Crippen LogP contribution in [-0.2, 0) is 34.1 Å². The number of imide groups is 1. The molecule has 0 saturated carbocycles. The third kappa shape index (κ3) is 6.53. The largest absolute Gasteiger partial charge is 0.489 e. The van der Waals surface area contributed by atoms with Gasteiger partial charge >= 0.3 is 0 Å². The van der Waals surface area contributed by atoms with Crippen LogP contribution in [0.15, 0.2) is 109 Å². The molecule has 0 aliphatic carbocycles. The fourth-order valence-electron chi connectivity index (χ4n) is 6.89. The number of H-pyrrole nitrogens is 1. The van der Waals surface area contributed by atoms with Gasteiger partial charge in [-0.3, -0.25) is 19.8 Å². The Balaban J connectivity index is 1.17. The van der Waals surface area contributed by atoms with Crippen LogP contribution in [0.3, 0.4) is 0 Å². The lowest BCUT2D eigenvalue weighted by molar-refractivity contribution is -0.122. The van der Waals surface area contributed by atoms with Gasteiger partial charge in [-0.15, -0.1) is 0 Å². The number of benzene rings is 4. The second kappa shape index (κ2) is 14.1. The van der Waals surface area contributed by atoms with Crippen molar-refractivity contribution in [2.24, 2.45) is 0 Å². The molecule has 9 nitrogen and oxygen atoms in total. The Kier molecular flexibility index (Phi) is 8.90. The zero-order valence-corrected chi connectivity index (χ0v) is 27.7. The first-order valence-corrected chi connectivity index (χ1v) is 17.1. The van der Waals surface area contributed by atoms with E-state index in [-0.39, 0.29) is 0 Å². The Morgan fingerprint density at radius 1 is 0.680 bits per heavy atom. The normalized spacial score (nSPS) is 15.3. The Hall–Kier alpha value is -5.64. The van der Waals surface area contributed by atoms with Gasteiger partial charge in [0.15, 0.2) is 0 Å². The molecule has 0 radical (unpaired) electrons. The molecule has 9 heteroatoms. The van der Waals surface area contributed by atoms with Crippen molar-refractivity contribution in [3.63, 3.8) is 0 Å². The van der Waals surface area contributed by atoms with Crippen LogP contribution in [0.2, 0.25) is 0 Å². The van der Waals surface area contributed by atoms with E-state index in [0.29, 0.717) is 47.0 Å². The number of aryl methyl sites for hydroxylation is 1. The van der Waals surface area contributed by atoms with Crippen LogP contribution < -0.4 is 14.8 Å². The first-order valence-electron chi connectivity index (χ1n) is 17.1. The highest BCUT2D eigenvalue weighted by Crippen LogP contribution is 2.40. The Bertz CT molecular complexity index is 2200. The zero-order chi connectivity index (χ0) is 33.9. The summed E-state index contributed by atoms with van der Waals surface area (Å²) in [6.07, 6.45) is 4.75. The average molecular weight is 667 g/mol. The number of nitrogens with one attached hydrogen (secondary N) is 2. The fourth-order valence-corrected chi connectivity index (χ4v) is 6.89. The van der Waals surface area contributed by atoms with Crippen molar-refractivity contribution in [1.29, 1.82) is 0 Å². The summed E-state index contributed by atoms with van der Waals surface area (Å²) in [5.41, 5.74) is 5.96.